The summed E-state index contributed by atoms with van der Waals surface area (Å²) in [6.45, 7) is 8.70. The van der Waals surface area contributed by atoms with Crippen molar-refractivity contribution in [1.29, 1.82) is 0 Å². The van der Waals surface area contributed by atoms with Crippen molar-refractivity contribution < 1.29 is 14.6 Å². The third-order valence-corrected chi connectivity index (χ3v) is 2.88. The molecule has 0 bridgehead atoms. The van der Waals surface area contributed by atoms with Crippen LogP contribution in [0.1, 0.15) is 33.1 Å². The minimum absolute atomic E-state index is 0.0807. The number of ether oxygens (including phenoxy) is 2. The third-order valence-electron chi connectivity index (χ3n) is 2.88. The molecular weight excluding hydrogens is 216 g/mol. The fourth-order valence-corrected chi connectivity index (χ4v) is 2.13. The van der Waals surface area contributed by atoms with Gasteiger partial charge in [0, 0.05) is 6.61 Å². The molecule has 0 aromatic heterocycles. The normalized spacial score (nSPS) is 25.8. The highest BCUT2D eigenvalue weighted by Gasteiger charge is 2.20. The van der Waals surface area contributed by atoms with Crippen LogP contribution < -0.4 is 0 Å². The number of aliphatic hydroxyl groups is 1. The molecule has 1 unspecified atom stereocenters. The predicted molar refractivity (Wildman–Crippen MR) is 68.7 cm³/mol. The second-order valence-electron chi connectivity index (χ2n) is 4.70. The van der Waals surface area contributed by atoms with E-state index in [4.69, 9.17) is 14.6 Å². The molecule has 98 valence electrons. The molecule has 17 heavy (non-hydrogen) atoms. The van der Waals surface area contributed by atoms with Crippen molar-refractivity contribution in [3.63, 3.8) is 0 Å². The molecule has 1 N–H and O–H groups in total. The van der Waals surface area contributed by atoms with Crippen LogP contribution in [0.2, 0.25) is 0 Å². The molecule has 3 nitrogen and oxygen atoms in total. The summed E-state index contributed by atoms with van der Waals surface area (Å²) >= 11 is 0. The van der Waals surface area contributed by atoms with Gasteiger partial charge >= 0.3 is 0 Å². The zero-order valence-corrected chi connectivity index (χ0v) is 10.9. The summed E-state index contributed by atoms with van der Waals surface area (Å²) < 4.78 is 11.2. The summed E-state index contributed by atoms with van der Waals surface area (Å²) in [4.78, 5) is 0. The lowest BCUT2D eigenvalue weighted by Gasteiger charge is -2.27. The standard InChI is InChI=1S/C14H24O3/c1-4-16-14-7-5-6-13(17-14)9-11(2)8-12(3)10-15/h5,7,11,13-15H,3-4,6,8-10H2,1-2H3/t11-,13-,14?/m0/s1. The SMILES string of the molecule is C=C(CO)C[C@H](C)C[C@@H]1CC=CC(OCC)O1. The van der Waals surface area contributed by atoms with Gasteiger partial charge in [-0.15, -0.1) is 0 Å². The van der Waals surface area contributed by atoms with Crippen molar-refractivity contribution in [3.05, 3.63) is 24.3 Å². The summed E-state index contributed by atoms with van der Waals surface area (Å²) in [7, 11) is 0. The van der Waals surface area contributed by atoms with Crippen LogP contribution in [0.5, 0.6) is 0 Å². The number of rotatable bonds is 7. The monoisotopic (exact) mass is 240 g/mol. The van der Waals surface area contributed by atoms with E-state index >= 15 is 0 Å². The number of aliphatic hydroxyl groups excluding tert-OH is 1. The van der Waals surface area contributed by atoms with Gasteiger partial charge in [0.05, 0.1) is 12.7 Å². The summed E-state index contributed by atoms with van der Waals surface area (Å²) in [5.74, 6) is 0.480. The van der Waals surface area contributed by atoms with Crippen LogP contribution in [0.3, 0.4) is 0 Å². The Morgan fingerprint density at radius 2 is 2.41 bits per heavy atom. The lowest BCUT2D eigenvalue weighted by atomic mass is 9.94. The van der Waals surface area contributed by atoms with E-state index in [9.17, 15) is 0 Å². The highest BCUT2D eigenvalue weighted by Crippen LogP contribution is 2.23. The molecule has 1 rings (SSSR count). The van der Waals surface area contributed by atoms with Crippen LogP contribution in [-0.2, 0) is 9.47 Å². The fourth-order valence-electron chi connectivity index (χ4n) is 2.13. The first kappa shape index (κ1) is 14.4. The number of hydrogen-bond donors (Lipinski definition) is 1. The van der Waals surface area contributed by atoms with E-state index in [0.29, 0.717) is 12.5 Å². The van der Waals surface area contributed by atoms with Gasteiger partial charge in [-0.2, -0.15) is 0 Å². The summed E-state index contributed by atoms with van der Waals surface area (Å²) in [6.07, 6.45) is 6.91. The van der Waals surface area contributed by atoms with Gasteiger partial charge < -0.3 is 14.6 Å². The molecular formula is C14H24O3. The Morgan fingerprint density at radius 1 is 1.65 bits per heavy atom. The van der Waals surface area contributed by atoms with Crippen LogP contribution >= 0.6 is 0 Å². The second kappa shape index (κ2) is 7.64. The Bertz CT molecular complexity index is 260. The fraction of sp³-hybridized carbons (Fsp3) is 0.714. The van der Waals surface area contributed by atoms with E-state index in [1.165, 1.54) is 0 Å². The van der Waals surface area contributed by atoms with Crippen LogP contribution in [0.15, 0.2) is 24.3 Å². The summed E-state index contributed by atoms with van der Waals surface area (Å²) in [5, 5.41) is 8.94. The van der Waals surface area contributed by atoms with Crippen molar-refractivity contribution >= 4 is 0 Å². The average Bonchev–Trinajstić information content (AvgIpc) is 2.29. The van der Waals surface area contributed by atoms with Crippen molar-refractivity contribution in [3.8, 4) is 0 Å². The maximum absolute atomic E-state index is 8.94. The summed E-state index contributed by atoms with van der Waals surface area (Å²) in [5.41, 5.74) is 0.894. The highest BCUT2D eigenvalue weighted by molar-refractivity contribution is 4.97. The molecule has 0 spiro atoms. The lowest BCUT2D eigenvalue weighted by molar-refractivity contribution is -0.148. The smallest absolute Gasteiger partial charge is 0.177 e. The van der Waals surface area contributed by atoms with Crippen molar-refractivity contribution in [1.82, 2.24) is 0 Å². The van der Waals surface area contributed by atoms with Crippen molar-refractivity contribution in [2.45, 2.75) is 45.5 Å². The quantitative estimate of drug-likeness (QED) is 0.695. The largest absolute Gasteiger partial charge is 0.392 e. The molecule has 0 aromatic carbocycles. The van der Waals surface area contributed by atoms with Gasteiger partial charge in [0.25, 0.3) is 0 Å². The van der Waals surface area contributed by atoms with Gasteiger partial charge in [0.1, 0.15) is 0 Å². The Labute approximate surface area is 104 Å². The molecule has 1 aliphatic rings. The van der Waals surface area contributed by atoms with Gasteiger partial charge in [-0.1, -0.05) is 25.2 Å². The second-order valence-corrected chi connectivity index (χ2v) is 4.70. The van der Waals surface area contributed by atoms with Gasteiger partial charge in [-0.25, -0.2) is 0 Å². The van der Waals surface area contributed by atoms with Crippen molar-refractivity contribution in [2.24, 2.45) is 5.92 Å². The molecule has 0 fully saturated rings. The minimum Gasteiger partial charge on any atom is -0.392 e. The van der Waals surface area contributed by atoms with E-state index in [1.807, 2.05) is 13.0 Å². The molecule has 3 heteroatoms. The Hall–Kier alpha value is -0.640. The van der Waals surface area contributed by atoms with E-state index in [0.717, 1.165) is 24.8 Å². The Balaban J connectivity index is 2.32. The maximum Gasteiger partial charge on any atom is 0.177 e. The molecule has 0 aliphatic carbocycles. The third kappa shape index (κ3) is 5.48. The maximum atomic E-state index is 8.94. The van der Waals surface area contributed by atoms with E-state index < -0.39 is 0 Å². The van der Waals surface area contributed by atoms with Crippen LogP contribution in [0, 0.1) is 5.92 Å². The van der Waals surface area contributed by atoms with Crippen LogP contribution in [0.25, 0.3) is 0 Å². The van der Waals surface area contributed by atoms with Gasteiger partial charge in [-0.05, 0) is 38.2 Å². The molecule has 3 atom stereocenters. The molecule has 0 saturated carbocycles. The van der Waals surface area contributed by atoms with Gasteiger partial charge in [0.2, 0.25) is 0 Å². The van der Waals surface area contributed by atoms with Gasteiger partial charge in [0.15, 0.2) is 6.29 Å². The van der Waals surface area contributed by atoms with E-state index in [1.54, 1.807) is 0 Å². The van der Waals surface area contributed by atoms with E-state index in [-0.39, 0.29) is 19.0 Å². The van der Waals surface area contributed by atoms with Crippen molar-refractivity contribution in [2.75, 3.05) is 13.2 Å². The minimum atomic E-state index is -0.188. The van der Waals surface area contributed by atoms with Crippen LogP contribution in [0.4, 0.5) is 0 Å². The number of hydrogen-bond acceptors (Lipinski definition) is 3. The molecule has 0 saturated heterocycles. The zero-order chi connectivity index (χ0) is 12.7. The molecule has 0 amide bonds. The molecule has 0 aromatic rings. The molecule has 1 aliphatic heterocycles. The first-order valence-corrected chi connectivity index (χ1v) is 6.37. The first-order chi connectivity index (χ1) is 8.15. The van der Waals surface area contributed by atoms with E-state index in [2.05, 4.69) is 19.6 Å². The zero-order valence-electron chi connectivity index (χ0n) is 10.9. The Morgan fingerprint density at radius 3 is 3.06 bits per heavy atom. The van der Waals surface area contributed by atoms with Crippen LogP contribution in [-0.4, -0.2) is 30.7 Å². The van der Waals surface area contributed by atoms with Gasteiger partial charge in [-0.3, -0.25) is 0 Å². The molecule has 0 radical (unpaired) electrons. The Kier molecular flexibility index (Phi) is 6.48. The first-order valence-electron chi connectivity index (χ1n) is 6.37. The summed E-state index contributed by atoms with van der Waals surface area (Å²) in [6, 6.07) is 0. The highest BCUT2D eigenvalue weighted by atomic mass is 16.7. The topological polar surface area (TPSA) is 38.7 Å². The average molecular weight is 240 g/mol. The molecule has 1 heterocycles. The predicted octanol–water partition coefficient (Wildman–Crippen LogP) is 2.66. The lowest BCUT2D eigenvalue weighted by Crippen LogP contribution is -2.27.